The third-order valence-electron chi connectivity index (χ3n) is 1.16. The Kier molecular flexibility index (Phi) is 2.08. The van der Waals surface area contributed by atoms with Crippen molar-refractivity contribution in [2.45, 2.75) is 6.92 Å². The van der Waals surface area contributed by atoms with Gasteiger partial charge in [0.1, 0.15) is 0 Å². The molecule has 0 saturated carbocycles. The molecule has 0 unspecified atom stereocenters. The van der Waals surface area contributed by atoms with E-state index in [1.54, 1.807) is 0 Å². The number of allylic oxidation sites excluding steroid dienone is 8. The van der Waals surface area contributed by atoms with Gasteiger partial charge in [-0.15, -0.1) is 0 Å². The lowest BCUT2D eigenvalue weighted by Gasteiger charge is -1.87. The molecule has 0 atom stereocenters. The van der Waals surface area contributed by atoms with Crippen molar-refractivity contribution in [3.05, 3.63) is 48.1 Å². The van der Waals surface area contributed by atoms with E-state index in [9.17, 15) is 0 Å². The van der Waals surface area contributed by atoms with Gasteiger partial charge in [-0.25, -0.2) is 0 Å². The third kappa shape index (κ3) is 2.13. The van der Waals surface area contributed by atoms with Crippen molar-refractivity contribution in [3.63, 3.8) is 0 Å². The van der Waals surface area contributed by atoms with E-state index in [2.05, 4.69) is 19.1 Å². The summed E-state index contributed by atoms with van der Waals surface area (Å²) in [5.41, 5.74) is 1.29. The van der Waals surface area contributed by atoms with Crippen LogP contribution in [0.4, 0.5) is 0 Å². The Labute approximate surface area is 55.9 Å². The van der Waals surface area contributed by atoms with Gasteiger partial charge in [0.15, 0.2) is 0 Å². The highest BCUT2D eigenvalue weighted by molar-refractivity contribution is 5.29. The molecular formula is C9H10. The first kappa shape index (κ1) is 6.09. The zero-order chi connectivity index (χ0) is 6.53. The predicted molar refractivity (Wildman–Crippen MR) is 41.2 cm³/mol. The fraction of sp³-hybridized carbons (Fsp3) is 0.111. The van der Waals surface area contributed by atoms with Crippen LogP contribution in [0.2, 0.25) is 0 Å². The second-order valence-corrected chi connectivity index (χ2v) is 2.04. The SMILES string of the molecule is CC1=CC=CC=CC=C1. The molecule has 0 amide bonds. The zero-order valence-electron chi connectivity index (χ0n) is 5.54. The van der Waals surface area contributed by atoms with Crippen LogP contribution in [0.3, 0.4) is 0 Å². The Balaban J connectivity index is 2.77. The molecule has 0 aromatic carbocycles. The Hall–Kier alpha value is -1.04. The van der Waals surface area contributed by atoms with Crippen LogP contribution < -0.4 is 0 Å². The summed E-state index contributed by atoms with van der Waals surface area (Å²) in [7, 11) is 0. The van der Waals surface area contributed by atoms with Crippen molar-refractivity contribution in [1.82, 2.24) is 0 Å². The molecule has 0 bridgehead atoms. The molecule has 0 heterocycles. The Bertz CT molecular complexity index is 190. The standard InChI is InChI=1S/C9H10/c1-9-7-5-3-2-4-6-8-9/h2-8H,1H3. The van der Waals surface area contributed by atoms with E-state index >= 15 is 0 Å². The Morgan fingerprint density at radius 2 is 1.56 bits per heavy atom. The lowest BCUT2D eigenvalue weighted by atomic mass is 10.2. The summed E-state index contributed by atoms with van der Waals surface area (Å²) in [5.74, 6) is 0. The number of rotatable bonds is 0. The fourth-order valence-electron chi connectivity index (χ4n) is 0.663. The highest BCUT2D eigenvalue weighted by Gasteiger charge is 1.77. The van der Waals surface area contributed by atoms with E-state index in [0.29, 0.717) is 0 Å². The summed E-state index contributed by atoms with van der Waals surface area (Å²) in [6.45, 7) is 2.08. The Morgan fingerprint density at radius 3 is 2.44 bits per heavy atom. The minimum absolute atomic E-state index is 1.29. The summed E-state index contributed by atoms with van der Waals surface area (Å²) < 4.78 is 0. The zero-order valence-corrected chi connectivity index (χ0v) is 5.54. The van der Waals surface area contributed by atoms with Crippen LogP contribution in [0.15, 0.2) is 48.1 Å². The van der Waals surface area contributed by atoms with Crippen molar-refractivity contribution < 1.29 is 0 Å². The van der Waals surface area contributed by atoms with Gasteiger partial charge in [0.05, 0.1) is 0 Å². The maximum absolute atomic E-state index is 2.08. The molecule has 0 spiro atoms. The summed E-state index contributed by atoms with van der Waals surface area (Å²) in [6.07, 6.45) is 14.3. The second-order valence-electron chi connectivity index (χ2n) is 2.04. The van der Waals surface area contributed by atoms with Crippen molar-refractivity contribution in [2.75, 3.05) is 0 Å². The average Bonchev–Trinajstić information content (AvgIpc) is 1.79. The van der Waals surface area contributed by atoms with Crippen LogP contribution in [0, 0.1) is 0 Å². The van der Waals surface area contributed by atoms with Crippen LogP contribution in [0.1, 0.15) is 6.92 Å². The van der Waals surface area contributed by atoms with E-state index in [1.807, 2.05) is 30.4 Å². The lowest BCUT2D eigenvalue weighted by Crippen LogP contribution is -1.66. The van der Waals surface area contributed by atoms with Gasteiger partial charge < -0.3 is 0 Å². The summed E-state index contributed by atoms with van der Waals surface area (Å²) >= 11 is 0. The molecule has 0 saturated heterocycles. The van der Waals surface area contributed by atoms with Crippen LogP contribution in [0.25, 0.3) is 0 Å². The van der Waals surface area contributed by atoms with Crippen LogP contribution in [-0.2, 0) is 0 Å². The average molecular weight is 118 g/mol. The van der Waals surface area contributed by atoms with Gasteiger partial charge >= 0.3 is 0 Å². The van der Waals surface area contributed by atoms with Gasteiger partial charge in [0.2, 0.25) is 0 Å². The number of hydrogen-bond donors (Lipinski definition) is 0. The normalized spacial score (nSPS) is 16.8. The van der Waals surface area contributed by atoms with E-state index in [-0.39, 0.29) is 0 Å². The van der Waals surface area contributed by atoms with Crippen molar-refractivity contribution >= 4 is 0 Å². The third-order valence-corrected chi connectivity index (χ3v) is 1.16. The molecule has 0 aromatic rings. The molecule has 0 radical (unpaired) electrons. The first-order valence-corrected chi connectivity index (χ1v) is 3.08. The molecular weight excluding hydrogens is 108 g/mol. The summed E-state index contributed by atoms with van der Waals surface area (Å²) in [4.78, 5) is 0. The minimum atomic E-state index is 1.29. The minimum Gasteiger partial charge on any atom is -0.0623 e. The van der Waals surface area contributed by atoms with Crippen molar-refractivity contribution in [2.24, 2.45) is 0 Å². The summed E-state index contributed by atoms with van der Waals surface area (Å²) in [6, 6.07) is 0. The van der Waals surface area contributed by atoms with Crippen LogP contribution in [0.5, 0.6) is 0 Å². The van der Waals surface area contributed by atoms with Gasteiger partial charge in [-0.1, -0.05) is 48.1 Å². The van der Waals surface area contributed by atoms with Gasteiger partial charge in [-0.05, 0) is 6.92 Å². The molecule has 0 fully saturated rings. The molecule has 0 nitrogen and oxygen atoms in total. The van der Waals surface area contributed by atoms with E-state index in [1.165, 1.54) is 5.57 Å². The van der Waals surface area contributed by atoms with E-state index in [4.69, 9.17) is 0 Å². The molecule has 0 N–H and O–H groups in total. The maximum Gasteiger partial charge on any atom is -0.0398 e. The van der Waals surface area contributed by atoms with Gasteiger partial charge in [0, 0.05) is 0 Å². The first-order chi connectivity index (χ1) is 4.39. The quantitative estimate of drug-likeness (QED) is 0.458. The molecule has 1 aliphatic carbocycles. The van der Waals surface area contributed by atoms with Gasteiger partial charge in [-0.2, -0.15) is 0 Å². The first-order valence-electron chi connectivity index (χ1n) is 3.08. The molecule has 1 rings (SSSR count). The molecule has 0 heteroatoms. The highest BCUT2D eigenvalue weighted by atomic mass is 13.8. The molecule has 1 aliphatic rings. The Morgan fingerprint density at radius 1 is 0.889 bits per heavy atom. The van der Waals surface area contributed by atoms with Crippen molar-refractivity contribution in [1.29, 1.82) is 0 Å². The fourth-order valence-corrected chi connectivity index (χ4v) is 0.663. The smallest absolute Gasteiger partial charge is 0.0398 e. The van der Waals surface area contributed by atoms with Gasteiger partial charge in [-0.3, -0.25) is 0 Å². The second kappa shape index (κ2) is 3.08. The van der Waals surface area contributed by atoms with Crippen molar-refractivity contribution in [3.8, 4) is 0 Å². The molecule has 9 heavy (non-hydrogen) atoms. The van der Waals surface area contributed by atoms with Crippen LogP contribution in [-0.4, -0.2) is 0 Å². The van der Waals surface area contributed by atoms with E-state index < -0.39 is 0 Å². The van der Waals surface area contributed by atoms with Gasteiger partial charge in [0.25, 0.3) is 0 Å². The lowest BCUT2D eigenvalue weighted by molar-refractivity contribution is 1.51. The molecule has 46 valence electrons. The maximum atomic E-state index is 2.08. The summed E-state index contributed by atoms with van der Waals surface area (Å²) in [5, 5.41) is 0. The van der Waals surface area contributed by atoms with E-state index in [0.717, 1.165) is 0 Å². The number of hydrogen-bond acceptors (Lipinski definition) is 0. The van der Waals surface area contributed by atoms with Crippen LogP contribution >= 0.6 is 0 Å². The predicted octanol–water partition coefficient (Wildman–Crippen LogP) is 2.61. The monoisotopic (exact) mass is 118 g/mol. The topological polar surface area (TPSA) is 0 Å². The highest BCUT2D eigenvalue weighted by Crippen LogP contribution is 1.98. The molecule has 0 aliphatic heterocycles. The largest absolute Gasteiger partial charge is 0.0623 e. The molecule has 0 aromatic heterocycles.